The number of Topliss-reactive ketones (excluding diaryl/α,β-unsaturated/α-hetero) is 1. The Labute approximate surface area is 131 Å². The molecule has 1 aliphatic heterocycles. The van der Waals surface area contributed by atoms with Crippen molar-refractivity contribution in [2.45, 2.75) is 18.9 Å². The molecule has 118 valence electrons. The quantitative estimate of drug-likeness (QED) is 0.751. The number of phenolic OH excluding ortho intramolecular Hbond substituents is 3. The molecule has 0 saturated heterocycles. The Morgan fingerprint density at radius 2 is 1.87 bits per heavy atom. The van der Waals surface area contributed by atoms with E-state index in [1.54, 1.807) is 12.1 Å². The van der Waals surface area contributed by atoms with E-state index in [9.17, 15) is 24.9 Å². The summed E-state index contributed by atoms with van der Waals surface area (Å²) in [5.74, 6) is -0.878. The van der Waals surface area contributed by atoms with Gasteiger partial charge in [0, 0.05) is 18.1 Å². The minimum atomic E-state index is -0.577. The summed E-state index contributed by atoms with van der Waals surface area (Å²) in [5.41, 5.74) is 0.686. The maximum absolute atomic E-state index is 12.4. The van der Waals surface area contributed by atoms with Gasteiger partial charge in [-0.05, 0) is 17.7 Å². The van der Waals surface area contributed by atoms with Crippen molar-refractivity contribution in [3.8, 4) is 23.0 Å². The van der Waals surface area contributed by atoms with Gasteiger partial charge in [0.2, 0.25) is 0 Å². The normalized spacial score (nSPS) is 16.5. The van der Waals surface area contributed by atoms with E-state index in [1.807, 2.05) is 0 Å². The number of carbonyl (C=O) groups is 2. The molecule has 2 aromatic carbocycles. The zero-order chi connectivity index (χ0) is 16.6. The number of hydrogen-bond acceptors (Lipinski definition) is 6. The first-order chi connectivity index (χ1) is 11.0. The van der Waals surface area contributed by atoms with Crippen LogP contribution in [0.5, 0.6) is 23.0 Å². The van der Waals surface area contributed by atoms with Crippen LogP contribution in [0.15, 0.2) is 30.3 Å². The van der Waals surface area contributed by atoms with Gasteiger partial charge in [-0.15, -0.1) is 0 Å². The first kappa shape index (κ1) is 14.9. The molecule has 0 saturated carbocycles. The highest BCUT2D eigenvalue weighted by molar-refractivity contribution is 6.03. The highest BCUT2D eigenvalue weighted by atomic mass is 16.5. The second-order valence-electron chi connectivity index (χ2n) is 5.29. The van der Waals surface area contributed by atoms with Gasteiger partial charge in [0.15, 0.2) is 5.78 Å². The Balaban J connectivity index is 2.02. The zero-order valence-corrected chi connectivity index (χ0v) is 12.0. The Hall–Kier alpha value is -3.02. The smallest absolute Gasteiger partial charge is 0.174 e. The van der Waals surface area contributed by atoms with Crippen molar-refractivity contribution >= 4 is 12.1 Å². The molecular formula is C17H14O6. The van der Waals surface area contributed by atoms with Gasteiger partial charge >= 0.3 is 0 Å². The van der Waals surface area contributed by atoms with Crippen molar-refractivity contribution < 1.29 is 29.6 Å². The van der Waals surface area contributed by atoms with Gasteiger partial charge in [-0.2, -0.15) is 0 Å². The minimum absolute atomic E-state index is 0.0106. The highest BCUT2D eigenvalue weighted by Crippen LogP contribution is 2.44. The summed E-state index contributed by atoms with van der Waals surface area (Å²) < 4.78 is 5.71. The van der Waals surface area contributed by atoms with E-state index in [2.05, 4.69) is 0 Å². The van der Waals surface area contributed by atoms with Crippen molar-refractivity contribution in [2.75, 3.05) is 0 Å². The number of ketones is 1. The Morgan fingerprint density at radius 3 is 2.52 bits per heavy atom. The lowest BCUT2D eigenvalue weighted by atomic mass is 9.93. The highest BCUT2D eigenvalue weighted by Gasteiger charge is 2.32. The molecule has 23 heavy (non-hydrogen) atoms. The number of aromatic hydroxyl groups is 3. The maximum Gasteiger partial charge on any atom is 0.174 e. The third-order valence-electron chi connectivity index (χ3n) is 3.82. The monoisotopic (exact) mass is 314 g/mol. The zero-order valence-electron chi connectivity index (χ0n) is 12.0. The molecule has 6 heteroatoms. The van der Waals surface area contributed by atoms with Gasteiger partial charge < -0.3 is 24.9 Å². The number of fused-ring (bicyclic) bond motifs is 1. The van der Waals surface area contributed by atoms with E-state index in [0.29, 0.717) is 11.8 Å². The van der Waals surface area contributed by atoms with Crippen LogP contribution >= 0.6 is 0 Å². The van der Waals surface area contributed by atoms with Crippen LogP contribution in [0.4, 0.5) is 0 Å². The second kappa shape index (κ2) is 5.64. The van der Waals surface area contributed by atoms with Crippen LogP contribution in [0, 0.1) is 0 Å². The van der Waals surface area contributed by atoms with Gasteiger partial charge in [0.25, 0.3) is 0 Å². The van der Waals surface area contributed by atoms with Gasteiger partial charge in [0.05, 0.1) is 6.42 Å². The number of carbonyl (C=O) groups excluding carboxylic acids is 2. The molecule has 0 radical (unpaired) electrons. The SMILES string of the molecule is O=CCc1c(O)cc2c(c1O)C(=O)CC(c1ccc(O)cc1)O2. The fraction of sp³-hybridized carbons (Fsp3) is 0.176. The van der Waals surface area contributed by atoms with E-state index in [0.717, 1.165) is 0 Å². The molecular weight excluding hydrogens is 300 g/mol. The van der Waals surface area contributed by atoms with E-state index >= 15 is 0 Å². The lowest BCUT2D eigenvalue weighted by molar-refractivity contribution is -0.107. The van der Waals surface area contributed by atoms with Crippen molar-refractivity contribution in [3.63, 3.8) is 0 Å². The number of ether oxygens (including phenoxy) is 1. The number of phenols is 3. The molecule has 6 nitrogen and oxygen atoms in total. The molecule has 1 atom stereocenters. The fourth-order valence-corrected chi connectivity index (χ4v) is 2.66. The van der Waals surface area contributed by atoms with Crippen LogP contribution in [0.25, 0.3) is 0 Å². The predicted octanol–water partition coefficient (Wildman–Crippen LogP) is 2.25. The van der Waals surface area contributed by atoms with E-state index in [4.69, 9.17) is 4.74 Å². The van der Waals surface area contributed by atoms with Crippen molar-refractivity contribution in [1.82, 2.24) is 0 Å². The van der Waals surface area contributed by atoms with Crippen LogP contribution in [0.3, 0.4) is 0 Å². The first-order valence-corrected chi connectivity index (χ1v) is 7.01. The van der Waals surface area contributed by atoms with Crippen molar-refractivity contribution in [3.05, 3.63) is 47.0 Å². The molecule has 0 aliphatic carbocycles. The Kier molecular flexibility index (Phi) is 3.65. The largest absolute Gasteiger partial charge is 0.508 e. The van der Waals surface area contributed by atoms with E-state index in [1.165, 1.54) is 18.2 Å². The lowest BCUT2D eigenvalue weighted by Gasteiger charge is -2.27. The summed E-state index contributed by atoms with van der Waals surface area (Å²) >= 11 is 0. The van der Waals surface area contributed by atoms with Crippen molar-refractivity contribution in [1.29, 1.82) is 0 Å². The molecule has 1 heterocycles. The first-order valence-electron chi connectivity index (χ1n) is 7.01. The van der Waals surface area contributed by atoms with E-state index in [-0.39, 0.29) is 47.0 Å². The number of aldehydes is 1. The third-order valence-corrected chi connectivity index (χ3v) is 3.82. The standard InChI is InChI=1S/C17H14O6/c18-6-5-11-12(20)7-15-16(17(11)22)13(21)8-14(23-15)9-1-3-10(19)4-2-9/h1-4,6-7,14,19-20,22H,5,8H2. The number of hydrogen-bond donors (Lipinski definition) is 3. The molecule has 3 rings (SSSR count). The summed E-state index contributed by atoms with van der Waals surface area (Å²) in [7, 11) is 0. The second-order valence-corrected chi connectivity index (χ2v) is 5.29. The third kappa shape index (κ3) is 2.59. The van der Waals surface area contributed by atoms with Gasteiger partial charge in [-0.25, -0.2) is 0 Å². The van der Waals surface area contributed by atoms with Crippen molar-refractivity contribution in [2.24, 2.45) is 0 Å². The topological polar surface area (TPSA) is 104 Å². The fourth-order valence-electron chi connectivity index (χ4n) is 2.66. The van der Waals surface area contributed by atoms with Gasteiger partial charge in [-0.3, -0.25) is 4.79 Å². The van der Waals surface area contributed by atoms with Crippen LogP contribution in [-0.2, 0) is 11.2 Å². The summed E-state index contributed by atoms with van der Waals surface area (Å²) in [6.45, 7) is 0. The summed E-state index contributed by atoms with van der Waals surface area (Å²) in [5, 5.41) is 29.4. The van der Waals surface area contributed by atoms with E-state index < -0.39 is 11.9 Å². The summed E-state index contributed by atoms with van der Waals surface area (Å²) in [6.07, 6.45) is -0.225. The molecule has 0 spiro atoms. The van der Waals surface area contributed by atoms with Crippen LogP contribution in [0.2, 0.25) is 0 Å². The average Bonchev–Trinajstić information content (AvgIpc) is 2.51. The summed E-state index contributed by atoms with van der Waals surface area (Å²) in [6, 6.07) is 7.48. The van der Waals surface area contributed by atoms with Crippen LogP contribution in [0.1, 0.15) is 34.0 Å². The molecule has 2 aromatic rings. The number of rotatable bonds is 3. The number of benzene rings is 2. The molecule has 1 aliphatic rings. The average molecular weight is 314 g/mol. The van der Waals surface area contributed by atoms with Crippen LogP contribution < -0.4 is 4.74 Å². The molecule has 0 amide bonds. The van der Waals surface area contributed by atoms with Gasteiger partial charge in [0.1, 0.15) is 41.0 Å². The molecule has 3 N–H and O–H groups in total. The Morgan fingerprint density at radius 1 is 1.17 bits per heavy atom. The lowest BCUT2D eigenvalue weighted by Crippen LogP contribution is -2.21. The molecule has 0 bridgehead atoms. The molecule has 0 fully saturated rings. The maximum atomic E-state index is 12.4. The van der Waals surface area contributed by atoms with Crippen LogP contribution in [-0.4, -0.2) is 27.4 Å². The minimum Gasteiger partial charge on any atom is -0.508 e. The summed E-state index contributed by atoms with van der Waals surface area (Å²) in [4.78, 5) is 23.0. The molecule has 0 aromatic heterocycles. The molecule has 1 unspecified atom stereocenters. The van der Waals surface area contributed by atoms with Gasteiger partial charge in [-0.1, -0.05) is 12.1 Å². The predicted molar refractivity (Wildman–Crippen MR) is 80.0 cm³/mol. The Bertz CT molecular complexity index is 779.